The van der Waals surface area contributed by atoms with Gasteiger partial charge in [-0.1, -0.05) is 101 Å². The topological polar surface area (TPSA) is 43.4 Å². The van der Waals surface area contributed by atoms with Gasteiger partial charge in [0.2, 0.25) is 0 Å². The highest BCUT2D eigenvalue weighted by Crippen LogP contribution is 2.19. The third kappa shape index (κ3) is 50.1. The Labute approximate surface area is 185 Å². The van der Waals surface area contributed by atoms with Crippen LogP contribution in [-0.2, 0) is 14.3 Å². The number of carbonyl (C=O) groups is 2. The Bertz CT molecular complexity index is 285. The fraction of sp³-hybridized carbons (Fsp3) is 0.913. The van der Waals surface area contributed by atoms with Gasteiger partial charge in [0.05, 0.1) is 7.11 Å². The standard InChI is InChI=1S/C10H20O2S2.C8H16O.C3H8.C2H6/c1-12-10(11)8-6-4-3-5-7-9-14-13-2;1-3-4-5-6-7-8(2)9;1-3-2;1-2/h3-9H2,1-2H3;3-7H2,1-2H3;3H2,1-2H3;1-2H3. The van der Waals surface area contributed by atoms with Crippen LogP contribution in [0.25, 0.3) is 0 Å². The maximum Gasteiger partial charge on any atom is 0.305 e. The number of rotatable bonds is 14. The van der Waals surface area contributed by atoms with Gasteiger partial charge >= 0.3 is 5.97 Å². The Morgan fingerprint density at radius 1 is 0.786 bits per heavy atom. The lowest BCUT2D eigenvalue weighted by Gasteiger charge is -2.00. The number of hydrogen-bond donors (Lipinski definition) is 0. The molecule has 5 heteroatoms. The Morgan fingerprint density at radius 2 is 1.25 bits per heavy atom. The van der Waals surface area contributed by atoms with Crippen LogP contribution in [0.2, 0.25) is 0 Å². The van der Waals surface area contributed by atoms with E-state index in [-0.39, 0.29) is 5.97 Å². The molecule has 0 aromatic heterocycles. The molecular weight excluding hydrogens is 388 g/mol. The van der Waals surface area contributed by atoms with Crippen molar-refractivity contribution >= 4 is 33.3 Å². The lowest BCUT2D eigenvalue weighted by Crippen LogP contribution is -1.99. The summed E-state index contributed by atoms with van der Waals surface area (Å²) in [6.45, 7) is 12.1. The zero-order valence-corrected chi connectivity index (χ0v) is 21.9. The van der Waals surface area contributed by atoms with Crippen LogP contribution in [0.1, 0.15) is 119 Å². The fourth-order valence-electron chi connectivity index (χ4n) is 1.95. The lowest BCUT2D eigenvalue weighted by molar-refractivity contribution is -0.140. The van der Waals surface area contributed by atoms with Gasteiger partial charge in [0.25, 0.3) is 0 Å². The van der Waals surface area contributed by atoms with Crippen molar-refractivity contribution in [3.05, 3.63) is 0 Å². The third-order valence-electron chi connectivity index (χ3n) is 3.34. The number of ether oxygens (including phenoxy) is 1. The fourth-order valence-corrected chi connectivity index (χ4v) is 3.29. The quantitative estimate of drug-likeness (QED) is 0.154. The van der Waals surface area contributed by atoms with Crippen LogP contribution in [-0.4, -0.2) is 30.9 Å². The molecule has 0 atom stereocenters. The molecule has 0 spiro atoms. The first-order valence-corrected chi connectivity index (χ1v) is 13.9. The van der Waals surface area contributed by atoms with Gasteiger partial charge in [0.1, 0.15) is 5.78 Å². The number of unbranched alkanes of at least 4 members (excludes halogenated alkanes) is 7. The second kappa shape index (κ2) is 37.6. The number of esters is 1. The average molecular weight is 439 g/mol. The van der Waals surface area contributed by atoms with Crippen LogP contribution in [0.3, 0.4) is 0 Å². The highest BCUT2D eigenvalue weighted by molar-refractivity contribution is 8.76. The Hall–Kier alpha value is -0.160. The number of carbonyl (C=O) groups excluding carboxylic acids is 2. The van der Waals surface area contributed by atoms with Gasteiger partial charge in [0, 0.05) is 18.6 Å². The molecule has 0 aromatic rings. The Balaban J connectivity index is -0.000000176. The zero-order valence-electron chi connectivity index (χ0n) is 20.2. The van der Waals surface area contributed by atoms with E-state index < -0.39 is 0 Å². The average Bonchev–Trinajstić information content (AvgIpc) is 2.69. The SMILES string of the molecule is CC.CCC.CCCCCCC(C)=O.COC(=O)CCCCCCCSSC. The van der Waals surface area contributed by atoms with Gasteiger partial charge < -0.3 is 9.53 Å². The van der Waals surface area contributed by atoms with E-state index in [9.17, 15) is 9.59 Å². The molecule has 172 valence electrons. The third-order valence-corrected chi connectivity index (χ3v) is 5.23. The van der Waals surface area contributed by atoms with Crippen molar-refractivity contribution in [1.29, 1.82) is 0 Å². The van der Waals surface area contributed by atoms with E-state index in [1.54, 1.807) is 6.92 Å². The summed E-state index contributed by atoms with van der Waals surface area (Å²) < 4.78 is 4.56. The molecule has 0 unspecified atom stereocenters. The first kappa shape index (κ1) is 35.3. The number of methoxy groups -OCH3 is 1. The summed E-state index contributed by atoms with van der Waals surface area (Å²) in [5.74, 6) is 1.49. The molecule has 0 aliphatic carbocycles. The van der Waals surface area contributed by atoms with Crippen LogP contribution in [0.4, 0.5) is 0 Å². The van der Waals surface area contributed by atoms with E-state index in [0.717, 1.165) is 25.7 Å². The van der Waals surface area contributed by atoms with E-state index in [1.165, 1.54) is 57.8 Å². The molecule has 0 rings (SSSR count). The molecule has 0 aliphatic rings. The lowest BCUT2D eigenvalue weighted by atomic mass is 10.1. The monoisotopic (exact) mass is 438 g/mol. The molecular formula is C23H50O3S2. The number of ketones is 1. The second-order valence-electron chi connectivity index (χ2n) is 6.30. The van der Waals surface area contributed by atoms with Gasteiger partial charge in [-0.05, 0) is 32.4 Å². The van der Waals surface area contributed by atoms with Gasteiger partial charge in [0.15, 0.2) is 0 Å². The summed E-state index contributed by atoms with van der Waals surface area (Å²) in [5.41, 5.74) is 0. The summed E-state index contributed by atoms with van der Waals surface area (Å²) in [6.07, 6.45) is 15.5. The van der Waals surface area contributed by atoms with E-state index >= 15 is 0 Å². The molecule has 0 aliphatic heterocycles. The summed E-state index contributed by atoms with van der Waals surface area (Å²) in [7, 11) is 5.20. The summed E-state index contributed by atoms with van der Waals surface area (Å²) in [6, 6.07) is 0. The molecule has 28 heavy (non-hydrogen) atoms. The molecule has 0 saturated carbocycles. The van der Waals surface area contributed by atoms with Crippen molar-refractivity contribution in [2.75, 3.05) is 19.1 Å². The highest BCUT2D eigenvalue weighted by Gasteiger charge is 1.98. The van der Waals surface area contributed by atoms with Gasteiger partial charge in [-0.15, -0.1) is 0 Å². The molecule has 0 heterocycles. The van der Waals surface area contributed by atoms with E-state index in [0.29, 0.717) is 12.2 Å². The molecule has 0 saturated heterocycles. The van der Waals surface area contributed by atoms with Crippen molar-refractivity contribution in [1.82, 2.24) is 0 Å². The minimum atomic E-state index is -0.0806. The van der Waals surface area contributed by atoms with Crippen molar-refractivity contribution < 1.29 is 14.3 Å². The first-order chi connectivity index (χ1) is 13.5. The molecule has 0 fully saturated rings. The summed E-state index contributed by atoms with van der Waals surface area (Å²) >= 11 is 0. The van der Waals surface area contributed by atoms with Gasteiger partial charge in [-0.25, -0.2) is 0 Å². The predicted molar refractivity (Wildman–Crippen MR) is 132 cm³/mol. The molecule has 3 nitrogen and oxygen atoms in total. The summed E-state index contributed by atoms with van der Waals surface area (Å²) in [4.78, 5) is 21.2. The predicted octanol–water partition coefficient (Wildman–Crippen LogP) is 8.50. The minimum absolute atomic E-state index is 0.0806. The molecule has 0 amide bonds. The van der Waals surface area contributed by atoms with Gasteiger partial charge in [-0.3, -0.25) is 4.79 Å². The Kier molecular flexibility index (Phi) is 47.4. The smallest absolute Gasteiger partial charge is 0.305 e. The second-order valence-corrected chi connectivity index (χ2v) is 8.99. The van der Waals surface area contributed by atoms with Crippen LogP contribution in [0.5, 0.6) is 0 Å². The largest absolute Gasteiger partial charge is 0.469 e. The summed E-state index contributed by atoms with van der Waals surface area (Å²) in [5, 5.41) is 0. The van der Waals surface area contributed by atoms with E-state index in [1.807, 2.05) is 35.4 Å². The maximum atomic E-state index is 10.8. The normalized spacial score (nSPS) is 9.00. The van der Waals surface area contributed by atoms with Crippen LogP contribution >= 0.6 is 21.6 Å². The molecule has 0 radical (unpaired) electrons. The Morgan fingerprint density at radius 3 is 1.71 bits per heavy atom. The van der Waals surface area contributed by atoms with Crippen LogP contribution < -0.4 is 0 Å². The molecule has 0 bridgehead atoms. The number of Topliss-reactive ketones (excluding diaryl/α,β-unsaturated/α-hetero) is 1. The minimum Gasteiger partial charge on any atom is -0.469 e. The zero-order chi connectivity index (χ0) is 22.5. The van der Waals surface area contributed by atoms with E-state index in [4.69, 9.17) is 0 Å². The molecule has 0 aromatic carbocycles. The van der Waals surface area contributed by atoms with Crippen LogP contribution in [0.15, 0.2) is 0 Å². The number of hydrogen-bond acceptors (Lipinski definition) is 5. The van der Waals surface area contributed by atoms with Gasteiger partial charge in [-0.2, -0.15) is 0 Å². The van der Waals surface area contributed by atoms with Crippen molar-refractivity contribution in [2.24, 2.45) is 0 Å². The highest BCUT2D eigenvalue weighted by atomic mass is 33.1. The first-order valence-electron chi connectivity index (χ1n) is 11.2. The van der Waals surface area contributed by atoms with E-state index in [2.05, 4.69) is 31.8 Å². The molecule has 0 N–H and O–H groups in total. The van der Waals surface area contributed by atoms with Crippen molar-refractivity contribution in [2.45, 2.75) is 119 Å². The van der Waals surface area contributed by atoms with Crippen molar-refractivity contribution in [3.8, 4) is 0 Å². The maximum absolute atomic E-state index is 10.8. The van der Waals surface area contributed by atoms with Crippen LogP contribution in [0, 0.1) is 0 Å². The van der Waals surface area contributed by atoms with Crippen molar-refractivity contribution in [3.63, 3.8) is 0 Å².